The maximum Gasteiger partial charge on any atom is 0.325 e. The van der Waals surface area contributed by atoms with Gasteiger partial charge in [0.1, 0.15) is 6.54 Å². The molecule has 26 heavy (non-hydrogen) atoms. The first-order valence-electron chi connectivity index (χ1n) is 8.43. The molecule has 1 aromatic carbocycles. The van der Waals surface area contributed by atoms with Crippen molar-refractivity contribution in [2.45, 2.75) is 25.8 Å². The van der Waals surface area contributed by atoms with Crippen molar-refractivity contribution in [3.8, 4) is 0 Å². The van der Waals surface area contributed by atoms with Gasteiger partial charge in [-0.05, 0) is 43.5 Å². The number of nitrogens with zero attached hydrogens (tertiary/aromatic N) is 1. The van der Waals surface area contributed by atoms with Crippen molar-refractivity contribution in [2.24, 2.45) is 0 Å². The van der Waals surface area contributed by atoms with Gasteiger partial charge in [0.15, 0.2) is 12.4 Å². The molecule has 1 aliphatic rings. The minimum atomic E-state index is -0.684. The number of carbonyl (C=O) groups excluding carboxylic acids is 3. The molecule has 7 heteroatoms. The molecule has 1 aliphatic heterocycles. The third kappa shape index (κ3) is 3.93. The molecule has 1 atom stereocenters. The van der Waals surface area contributed by atoms with E-state index >= 15 is 0 Å². The summed E-state index contributed by atoms with van der Waals surface area (Å²) in [5.74, 6) is -1.38. The summed E-state index contributed by atoms with van der Waals surface area (Å²) in [6.07, 6.45) is 3.14. The minimum absolute atomic E-state index is 0.0368. The van der Waals surface area contributed by atoms with Crippen LogP contribution in [0.15, 0.2) is 47.1 Å². The number of para-hydroxylation sites is 1. The summed E-state index contributed by atoms with van der Waals surface area (Å²) in [6.45, 7) is 1.27. The van der Waals surface area contributed by atoms with Crippen molar-refractivity contribution >= 4 is 23.5 Å². The van der Waals surface area contributed by atoms with E-state index in [0.29, 0.717) is 0 Å². The van der Waals surface area contributed by atoms with Crippen LogP contribution in [-0.4, -0.2) is 37.0 Å². The van der Waals surface area contributed by atoms with E-state index in [1.54, 1.807) is 11.0 Å². The molecular weight excluding hydrogens is 336 g/mol. The highest BCUT2D eigenvalue weighted by atomic mass is 16.5. The molecule has 1 N–H and O–H groups in total. The fourth-order valence-corrected chi connectivity index (χ4v) is 2.98. The van der Waals surface area contributed by atoms with E-state index in [4.69, 9.17) is 9.15 Å². The Labute approximate surface area is 150 Å². The van der Waals surface area contributed by atoms with Gasteiger partial charge in [-0.3, -0.25) is 14.4 Å². The number of hydrogen-bond donors (Lipinski definition) is 1. The van der Waals surface area contributed by atoms with E-state index in [1.807, 2.05) is 31.2 Å². The summed E-state index contributed by atoms with van der Waals surface area (Å²) >= 11 is 0. The number of fused-ring (bicyclic) bond motifs is 1. The van der Waals surface area contributed by atoms with Crippen LogP contribution in [0.3, 0.4) is 0 Å². The van der Waals surface area contributed by atoms with E-state index in [2.05, 4.69) is 5.32 Å². The van der Waals surface area contributed by atoms with E-state index in [-0.39, 0.29) is 30.9 Å². The fraction of sp³-hybridized carbons (Fsp3) is 0.316. The summed E-state index contributed by atoms with van der Waals surface area (Å²) in [5.41, 5.74) is 1.97. The Kier molecular flexibility index (Phi) is 5.36. The number of furan rings is 1. The highest BCUT2D eigenvalue weighted by molar-refractivity contribution is 5.97. The second-order valence-electron chi connectivity index (χ2n) is 6.10. The highest BCUT2D eigenvalue weighted by Crippen LogP contribution is 2.30. The van der Waals surface area contributed by atoms with Gasteiger partial charge in [0.25, 0.3) is 11.8 Å². The van der Waals surface area contributed by atoms with Crippen LogP contribution in [0.25, 0.3) is 0 Å². The van der Waals surface area contributed by atoms with Crippen LogP contribution in [0.2, 0.25) is 0 Å². The lowest BCUT2D eigenvalue weighted by Gasteiger charge is -2.35. The van der Waals surface area contributed by atoms with E-state index in [1.165, 1.54) is 12.3 Å². The topological polar surface area (TPSA) is 88.9 Å². The molecule has 7 nitrogen and oxygen atoms in total. The quantitative estimate of drug-likeness (QED) is 0.827. The molecule has 3 rings (SSSR count). The van der Waals surface area contributed by atoms with Gasteiger partial charge in [-0.15, -0.1) is 0 Å². The molecule has 2 aromatic rings. The van der Waals surface area contributed by atoms with Gasteiger partial charge < -0.3 is 19.4 Å². The zero-order chi connectivity index (χ0) is 18.5. The summed E-state index contributed by atoms with van der Waals surface area (Å²) < 4.78 is 9.94. The smallest absolute Gasteiger partial charge is 0.325 e. The summed E-state index contributed by atoms with van der Waals surface area (Å²) in [5, 5.41) is 2.38. The number of rotatable bonds is 5. The summed E-state index contributed by atoms with van der Waals surface area (Å²) in [4.78, 5) is 37.7. The Morgan fingerprint density at radius 3 is 2.81 bits per heavy atom. The van der Waals surface area contributed by atoms with E-state index in [9.17, 15) is 14.4 Å². The van der Waals surface area contributed by atoms with Crippen LogP contribution in [-0.2, 0) is 20.7 Å². The van der Waals surface area contributed by atoms with Crippen LogP contribution in [0, 0.1) is 0 Å². The number of anilines is 1. The Morgan fingerprint density at radius 1 is 1.23 bits per heavy atom. The number of ether oxygens (including phenoxy) is 1. The summed E-state index contributed by atoms with van der Waals surface area (Å²) in [6, 6.07) is 10.8. The molecule has 0 fully saturated rings. The average molecular weight is 356 g/mol. The Morgan fingerprint density at radius 2 is 2.04 bits per heavy atom. The number of benzene rings is 1. The lowest BCUT2D eigenvalue weighted by atomic mass is 9.96. The Hall–Kier alpha value is -3.09. The maximum absolute atomic E-state index is 12.5. The number of amides is 2. The van der Waals surface area contributed by atoms with Gasteiger partial charge in [0.2, 0.25) is 0 Å². The van der Waals surface area contributed by atoms with Crippen LogP contribution in [0.5, 0.6) is 0 Å². The van der Waals surface area contributed by atoms with Gasteiger partial charge in [-0.2, -0.15) is 0 Å². The maximum atomic E-state index is 12.5. The molecule has 1 unspecified atom stereocenters. The average Bonchev–Trinajstić information content (AvgIpc) is 3.19. The lowest BCUT2D eigenvalue weighted by Crippen LogP contribution is -2.44. The highest BCUT2D eigenvalue weighted by Gasteiger charge is 2.28. The first kappa shape index (κ1) is 17.7. The molecule has 0 saturated carbocycles. The van der Waals surface area contributed by atoms with Crippen molar-refractivity contribution in [3.05, 3.63) is 54.0 Å². The standard InChI is InChI=1S/C19H20N2O5/c1-13-8-9-14-5-2-3-6-15(14)21(13)17(22)12-26-18(23)11-20-19(24)16-7-4-10-25-16/h2-7,10,13H,8-9,11-12H2,1H3,(H,20,24). The molecule has 0 bridgehead atoms. The van der Waals surface area contributed by atoms with Crippen molar-refractivity contribution in [1.82, 2.24) is 5.32 Å². The molecule has 2 amide bonds. The zero-order valence-electron chi connectivity index (χ0n) is 14.4. The minimum Gasteiger partial charge on any atom is -0.459 e. The monoisotopic (exact) mass is 356 g/mol. The van der Waals surface area contributed by atoms with E-state index < -0.39 is 11.9 Å². The molecule has 0 aliphatic carbocycles. The second kappa shape index (κ2) is 7.86. The van der Waals surface area contributed by atoms with Crippen LogP contribution in [0.4, 0.5) is 5.69 Å². The molecular formula is C19H20N2O5. The number of nitrogens with one attached hydrogen (secondary N) is 1. The Bertz CT molecular complexity index is 800. The van der Waals surface area contributed by atoms with Gasteiger partial charge >= 0.3 is 5.97 Å². The van der Waals surface area contributed by atoms with Gasteiger partial charge in [0, 0.05) is 11.7 Å². The van der Waals surface area contributed by atoms with Crippen LogP contribution in [0.1, 0.15) is 29.5 Å². The van der Waals surface area contributed by atoms with Gasteiger partial charge in [-0.1, -0.05) is 18.2 Å². The SMILES string of the molecule is CC1CCc2ccccc2N1C(=O)COC(=O)CNC(=O)c1ccco1. The van der Waals surface area contributed by atoms with Crippen molar-refractivity contribution in [1.29, 1.82) is 0 Å². The number of esters is 1. The van der Waals surface area contributed by atoms with Crippen molar-refractivity contribution < 1.29 is 23.5 Å². The molecule has 136 valence electrons. The van der Waals surface area contributed by atoms with Crippen molar-refractivity contribution in [2.75, 3.05) is 18.1 Å². The van der Waals surface area contributed by atoms with Gasteiger partial charge in [0.05, 0.1) is 6.26 Å². The Balaban J connectivity index is 1.52. The number of carbonyl (C=O) groups is 3. The van der Waals surface area contributed by atoms with Crippen LogP contribution >= 0.6 is 0 Å². The van der Waals surface area contributed by atoms with Crippen LogP contribution < -0.4 is 10.2 Å². The van der Waals surface area contributed by atoms with E-state index in [0.717, 1.165) is 24.1 Å². The third-order valence-corrected chi connectivity index (χ3v) is 4.29. The first-order chi connectivity index (χ1) is 12.6. The predicted molar refractivity (Wildman–Crippen MR) is 93.7 cm³/mol. The molecule has 0 radical (unpaired) electrons. The van der Waals surface area contributed by atoms with Gasteiger partial charge in [-0.25, -0.2) is 0 Å². The largest absolute Gasteiger partial charge is 0.459 e. The lowest BCUT2D eigenvalue weighted by molar-refractivity contribution is -0.146. The van der Waals surface area contributed by atoms with Crippen molar-refractivity contribution in [3.63, 3.8) is 0 Å². The fourth-order valence-electron chi connectivity index (χ4n) is 2.98. The zero-order valence-corrected chi connectivity index (χ0v) is 14.4. The molecule has 0 saturated heterocycles. The first-order valence-corrected chi connectivity index (χ1v) is 8.43. The number of aryl methyl sites for hydroxylation is 1. The number of hydrogen-bond acceptors (Lipinski definition) is 5. The third-order valence-electron chi connectivity index (χ3n) is 4.29. The predicted octanol–water partition coefficient (Wildman–Crippen LogP) is 1.92. The molecule has 1 aromatic heterocycles. The molecule has 2 heterocycles. The summed E-state index contributed by atoms with van der Waals surface area (Å²) in [7, 11) is 0. The second-order valence-corrected chi connectivity index (χ2v) is 6.10. The normalized spacial score (nSPS) is 15.9. The molecule has 0 spiro atoms.